The van der Waals surface area contributed by atoms with Crippen LogP contribution in [0, 0.1) is 6.92 Å². The van der Waals surface area contributed by atoms with Crippen molar-refractivity contribution in [3.63, 3.8) is 0 Å². The van der Waals surface area contributed by atoms with Crippen molar-refractivity contribution in [3.8, 4) is 5.75 Å². The zero-order chi connectivity index (χ0) is 26.7. The minimum Gasteiger partial charge on any atom is -0.493 e. The molecule has 5 N–H and O–H groups in total. The summed E-state index contributed by atoms with van der Waals surface area (Å²) in [6.07, 6.45) is 2.51. The predicted octanol–water partition coefficient (Wildman–Crippen LogP) is 1.43. The van der Waals surface area contributed by atoms with Gasteiger partial charge < -0.3 is 29.2 Å². The van der Waals surface area contributed by atoms with Crippen molar-refractivity contribution in [2.45, 2.75) is 24.0 Å². The molecule has 0 atom stereocenters. The number of fused-ring (bicyclic) bond motifs is 4. The fraction of sp³-hybridized carbons (Fsp3) is 0.609. The Morgan fingerprint density at radius 1 is 1.14 bits per heavy atom. The number of aliphatic imine (C=N–C) groups is 1. The van der Waals surface area contributed by atoms with Crippen molar-refractivity contribution in [3.05, 3.63) is 23.8 Å². The van der Waals surface area contributed by atoms with Gasteiger partial charge in [-0.1, -0.05) is 0 Å². The average molecular weight is 576 g/mol. The van der Waals surface area contributed by atoms with E-state index in [9.17, 15) is 13.0 Å². The van der Waals surface area contributed by atoms with Crippen LogP contribution < -0.4 is 15.2 Å². The van der Waals surface area contributed by atoms with Gasteiger partial charge in [0, 0.05) is 29.5 Å². The second kappa shape index (κ2) is 11.3. The Morgan fingerprint density at radius 2 is 1.76 bits per heavy atom. The van der Waals surface area contributed by atoms with Gasteiger partial charge in [0.1, 0.15) is 55.5 Å². The maximum Gasteiger partial charge on any atom is 0.340 e. The fourth-order valence-electron chi connectivity index (χ4n) is 5.53. The van der Waals surface area contributed by atoms with Crippen molar-refractivity contribution in [1.29, 1.82) is 0 Å². The Kier molecular flexibility index (Phi) is 8.66. The fourth-order valence-corrected chi connectivity index (χ4v) is 9.34. The Hall–Kier alpha value is -1.57. The summed E-state index contributed by atoms with van der Waals surface area (Å²) >= 11 is 1.08. The standard InChI is InChI=1S/C23H36N5O6PS2/c1-19-21-16-20(4-5-22(21)36-23(19)37(32,33)26-18-35(29,30)31)34-15-3-8-28-12-9-27(10-13-28,11-14-28)7-2-6-25-17-24/h4-5,16-17,26H,2-3,6-15,18H2,1H3,(H2-2,24,25,29,30,31)/p+2. The largest absolute Gasteiger partial charge is 0.493 e. The highest BCUT2D eigenvalue weighted by Gasteiger charge is 2.48. The molecule has 37 heavy (non-hydrogen) atoms. The second-order valence-corrected chi connectivity index (χ2v) is 14.9. The molecule has 3 saturated heterocycles. The van der Waals surface area contributed by atoms with E-state index in [0.717, 1.165) is 47.4 Å². The van der Waals surface area contributed by atoms with Gasteiger partial charge in [-0.15, -0.1) is 11.3 Å². The molecule has 1 aromatic carbocycles. The summed E-state index contributed by atoms with van der Waals surface area (Å²) in [4.78, 5) is 22.2. The molecule has 206 valence electrons. The van der Waals surface area contributed by atoms with Crippen LogP contribution in [-0.2, 0) is 14.6 Å². The van der Waals surface area contributed by atoms with Crippen molar-refractivity contribution in [2.24, 2.45) is 10.7 Å². The number of nitrogens with one attached hydrogen (secondary N) is 1. The lowest BCUT2D eigenvalue weighted by Crippen LogP contribution is -2.75. The summed E-state index contributed by atoms with van der Waals surface area (Å²) in [7, 11) is -8.53. The van der Waals surface area contributed by atoms with Gasteiger partial charge in [0.2, 0.25) is 0 Å². The predicted molar refractivity (Wildman–Crippen MR) is 146 cm³/mol. The minimum absolute atomic E-state index is 0.0562. The molecule has 3 aliphatic rings. The molecule has 2 bridgehead atoms. The van der Waals surface area contributed by atoms with Crippen molar-refractivity contribution < 1.29 is 36.5 Å². The van der Waals surface area contributed by atoms with Gasteiger partial charge in [-0.2, -0.15) is 4.72 Å². The molecule has 2 aromatic rings. The van der Waals surface area contributed by atoms with Crippen LogP contribution in [0.15, 0.2) is 27.4 Å². The average Bonchev–Trinajstić information content (AvgIpc) is 3.21. The molecule has 1 aromatic heterocycles. The van der Waals surface area contributed by atoms with Gasteiger partial charge >= 0.3 is 7.60 Å². The van der Waals surface area contributed by atoms with Gasteiger partial charge in [-0.05, 0) is 30.7 Å². The molecule has 0 spiro atoms. The molecule has 3 aliphatic heterocycles. The van der Waals surface area contributed by atoms with Crippen molar-refractivity contribution >= 4 is 45.4 Å². The van der Waals surface area contributed by atoms with Crippen LogP contribution in [0.25, 0.3) is 10.1 Å². The van der Waals surface area contributed by atoms with Crippen LogP contribution in [0.3, 0.4) is 0 Å². The zero-order valence-electron chi connectivity index (χ0n) is 21.2. The van der Waals surface area contributed by atoms with Crippen LogP contribution in [0.2, 0.25) is 0 Å². The normalized spacial score (nSPS) is 24.3. The lowest BCUT2D eigenvalue weighted by atomic mass is 10.1. The first-order valence-electron chi connectivity index (χ1n) is 12.6. The molecule has 0 aliphatic carbocycles. The zero-order valence-corrected chi connectivity index (χ0v) is 23.7. The summed E-state index contributed by atoms with van der Waals surface area (Å²) in [5, 5.41) is 0.763. The smallest absolute Gasteiger partial charge is 0.340 e. The Labute approximate surface area is 222 Å². The molecule has 4 heterocycles. The van der Waals surface area contributed by atoms with E-state index in [4.69, 9.17) is 20.3 Å². The summed E-state index contributed by atoms with van der Waals surface area (Å²) < 4.78 is 47.6. The topological polar surface area (TPSA) is 151 Å². The Balaban J connectivity index is 1.29. The second-order valence-electron chi connectivity index (χ2n) is 10.2. The molecule has 0 amide bonds. The highest BCUT2D eigenvalue weighted by Crippen LogP contribution is 2.38. The van der Waals surface area contributed by atoms with E-state index >= 15 is 0 Å². The molecule has 5 rings (SSSR count). The third-order valence-corrected chi connectivity index (χ3v) is 11.9. The van der Waals surface area contributed by atoms with E-state index < -0.39 is 23.9 Å². The van der Waals surface area contributed by atoms with Gasteiger partial charge in [0.15, 0.2) is 0 Å². The quantitative estimate of drug-likeness (QED) is 0.0927. The number of hydrogen-bond acceptors (Lipinski definition) is 6. The summed E-state index contributed by atoms with van der Waals surface area (Å²) in [6.45, 7) is 12.7. The number of sulfonamides is 1. The Bertz CT molecular complexity index is 1270. The van der Waals surface area contributed by atoms with Gasteiger partial charge in [0.05, 0.1) is 26.0 Å². The summed E-state index contributed by atoms with van der Waals surface area (Å²) in [5.74, 6) is 0.689. The number of thiophene rings is 1. The van der Waals surface area contributed by atoms with E-state index in [-0.39, 0.29) is 4.21 Å². The third-order valence-electron chi connectivity index (χ3n) is 7.79. The molecule has 0 unspecified atom stereocenters. The number of rotatable bonds is 13. The number of piperazine rings is 3. The van der Waals surface area contributed by atoms with Gasteiger partial charge in [-0.25, -0.2) is 8.42 Å². The third kappa shape index (κ3) is 6.90. The summed E-state index contributed by atoms with van der Waals surface area (Å²) in [5.41, 5.74) is 5.89. The number of quaternary nitrogens is 2. The highest BCUT2D eigenvalue weighted by molar-refractivity contribution is 7.92. The monoisotopic (exact) mass is 575 g/mol. The molecular weight excluding hydrogens is 537 g/mol. The molecule has 3 fully saturated rings. The number of aryl methyl sites for hydroxylation is 1. The lowest BCUT2D eigenvalue weighted by molar-refractivity contribution is -1.08. The maximum absolute atomic E-state index is 12.6. The Morgan fingerprint density at radius 3 is 2.35 bits per heavy atom. The minimum atomic E-state index is -4.50. The number of nitrogens with zero attached hydrogens (tertiary/aromatic N) is 3. The van der Waals surface area contributed by atoms with Crippen molar-refractivity contribution in [2.75, 3.05) is 71.8 Å². The highest BCUT2D eigenvalue weighted by atomic mass is 32.2. The molecule has 14 heteroatoms. The van der Waals surface area contributed by atoms with Crippen LogP contribution >= 0.6 is 18.9 Å². The van der Waals surface area contributed by atoms with E-state index in [0.29, 0.717) is 17.9 Å². The van der Waals surface area contributed by atoms with Crippen LogP contribution in [0.5, 0.6) is 5.75 Å². The van der Waals surface area contributed by atoms with Crippen LogP contribution in [-0.4, -0.2) is 105 Å². The van der Waals surface area contributed by atoms with Gasteiger partial charge in [0.25, 0.3) is 10.0 Å². The van der Waals surface area contributed by atoms with E-state index in [1.54, 1.807) is 6.92 Å². The maximum atomic E-state index is 12.6. The SMILES string of the molecule is Cc1c(S(=O)(=O)NCP(=O)(O)O)sc2ccc(OCCC[N+]34CC[N+](CCCN=CN)(CC3)CC4)cc12. The molecular formula is C23H38N5O6PS2+2. The first kappa shape index (κ1) is 28.4. The first-order chi connectivity index (χ1) is 17.5. The lowest BCUT2D eigenvalue weighted by Gasteiger charge is -2.55. The molecule has 0 radical (unpaired) electrons. The van der Waals surface area contributed by atoms with Crippen LogP contribution in [0.4, 0.5) is 0 Å². The van der Waals surface area contributed by atoms with E-state index in [1.807, 2.05) is 22.9 Å². The first-order valence-corrected chi connectivity index (χ1v) is 16.7. The number of ether oxygens (including phenoxy) is 1. The van der Waals surface area contributed by atoms with Crippen molar-refractivity contribution in [1.82, 2.24) is 4.72 Å². The number of hydrogen-bond donors (Lipinski definition) is 4. The molecule has 11 nitrogen and oxygen atoms in total. The van der Waals surface area contributed by atoms with Crippen LogP contribution in [0.1, 0.15) is 18.4 Å². The number of nitrogens with two attached hydrogens (primary N) is 1. The van der Waals surface area contributed by atoms with E-state index in [1.165, 1.54) is 61.1 Å². The van der Waals surface area contributed by atoms with E-state index in [2.05, 4.69) is 4.99 Å². The number of benzene rings is 1. The molecule has 0 saturated carbocycles. The summed E-state index contributed by atoms with van der Waals surface area (Å²) in [6, 6.07) is 5.52. The van der Waals surface area contributed by atoms with Gasteiger partial charge in [-0.3, -0.25) is 9.56 Å².